The fraction of sp³-hybridized carbons (Fsp3) is 0.481. The van der Waals surface area contributed by atoms with Gasteiger partial charge in [0.25, 0.3) is 5.91 Å². The van der Waals surface area contributed by atoms with Crippen molar-refractivity contribution in [3.05, 3.63) is 42.0 Å². The first kappa shape index (κ1) is 26.9. The number of nitrogens with zero attached hydrogens (tertiary/aromatic N) is 3. The molecule has 38 heavy (non-hydrogen) atoms. The Hall–Kier alpha value is -2.73. The molecule has 0 saturated carbocycles. The second-order valence-corrected chi connectivity index (χ2v) is 12.7. The SMILES string of the molecule is COc1ccc(OC)c2sc(N(CC3CCCO3)C(=O)c3ccc(S(=O)(=O)N4CCCC(C)C4)cc3)nc12. The third kappa shape index (κ3) is 5.25. The number of piperidine rings is 1. The Bertz CT molecular complexity index is 1360. The molecule has 2 aliphatic heterocycles. The molecule has 3 heterocycles. The zero-order chi connectivity index (χ0) is 26.9. The van der Waals surface area contributed by atoms with Crippen molar-refractivity contribution in [3.63, 3.8) is 0 Å². The number of hydrogen-bond donors (Lipinski definition) is 0. The highest BCUT2D eigenvalue weighted by Crippen LogP contribution is 2.40. The molecule has 2 fully saturated rings. The molecule has 2 saturated heterocycles. The molecular weight excluding hydrogens is 526 g/mol. The number of carbonyl (C=O) groups is 1. The van der Waals surface area contributed by atoms with E-state index in [-0.39, 0.29) is 16.9 Å². The van der Waals surface area contributed by atoms with Crippen molar-refractivity contribution in [2.45, 2.75) is 43.6 Å². The zero-order valence-electron chi connectivity index (χ0n) is 21.9. The smallest absolute Gasteiger partial charge is 0.260 e. The van der Waals surface area contributed by atoms with Gasteiger partial charge < -0.3 is 14.2 Å². The first-order valence-corrected chi connectivity index (χ1v) is 15.1. The Kier molecular flexibility index (Phi) is 7.90. The number of sulfonamides is 1. The summed E-state index contributed by atoms with van der Waals surface area (Å²) >= 11 is 1.35. The van der Waals surface area contributed by atoms with Crippen LogP contribution >= 0.6 is 11.3 Å². The van der Waals surface area contributed by atoms with E-state index in [4.69, 9.17) is 19.2 Å². The van der Waals surface area contributed by atoms with Gasteiger partial charge in [-0.05, 0) is 68.0 Å². The van der Waals surface area contributed by atoms with E-state index in [0.29, 0.717) is 59.9 Å². The number of amides is 1. The Balaban J connectivity index is 1.47. The monoisotopic (exact) mass is 559 g/mol. The molecule has 1 amide bonds. The fourth-order valence-electron chi connectivity index (χ4n) is 5.07. The Morgan fingerprint density at radius 1 is 1.11 bits per heavy atom. The summed E-state index contributed by atoms with van der Waals surface area (Å²) in [5.74, 6) is 1.30. The summed E-state index contributed by atoms with van der Waals surface area (Å²) < 4.78 is 45.6. The van der Waals surface area contributed by atoms with Crippen molar-refractivity contribution in [1.29, 1.82) is 0 Å². The van der Waals surface area contributed by atoms with E-state index in [2.05, 4.69) is 6.92 Å². The van der Waals surface area contributed by atoms with Crippen LogP contribution < -0.4 is 14.4 Å². The molecule has 0 N–H and O–H groups in total. The standard InChI is InChI=1S/C27H33N3O6S2/c1-18-6-4-14-29(16-18)38(32,33)21-10-8-19(9-11-21)26(31)30(17-20-7-5-15-36-20)27-28-24-22(34-2)12-13-23(35-3)25(24)37-27/h8-13,18,20H,4-7,14-17H2,1-3H3. The van der Waals surface area contributed by atoms with Crippen LogP contribution in [0.2, 0.25) is 0 Å². The number of rotatable bonds is 8. The number of carbonyl (C=O) groups excluding carboxylic acids is 1. The number of methoxy groups -OCH3 is 2. The van der Waals surface area contributed by atoms with Gasteiger partial charge >= 0.3 is 0 Å². The summed E-state index contributed by atoms with van der Waals surface area (Å²) in [6, 6.07) is 9.82. The van der Waals surface area contributed by atoms with Crippen molar-refractivity contribution in [2.75, 3.05) is 45.4 Å². The summed E-state index contributed by atoms with van der Waals surface area (Å²) in [5.41, 5.74) is 1.00. The highest BCUT2D eigenvalue weighted by Gasteiger charge is 2.31. The lowest BCUT2D eigenvalue weighted by Gasteiger charge is -2.30. The molecule has 2 unspecified atom stereocenters. The van der Waals surface area contributed by atoms with Crippen LogP contribution in [0.4, 0.5) is 5.13 Å². The average Bonchev–Trinajstić information content (AvgIpc) is 3.61. The maximum atomic E-state index is 13.8. The van der Waals surface area contributed by atoms with Crippen molar-refractivity contribution >= 4 is 42.6 Å². The van der Waals surface area contributed by atoms with Gasteiger partial charge in [-0.25, -0.2) is 13.4 Å². The summed E-state index contributed by atoms with van der Waals surface area (Å²) in [6.07, 6.45) is 3.58. The molecule has 3 aromatic rings. The van der Waals surface area contributed by atoms with Gasteiger partial charge in [0, 0.05) is 25.3 Å². The van der Waals surface area contributed by atoms with Gasteiger partial charge in [-0.15, -0.1) is 0 Å². The van der Waals surface area contributed by atoms with E-state index in [9.17, 15) is 13.2 Å². The Morgan fingerprint density at radius 2 is 1.84 bits per heavy atom. The molecule has 0 bridgehead atoms. The third-order valence-corrected chi connectivity index (χ3v) is 10.1. The van der Waals surface area contributed by atoms with Gasteiger partial charge in [0.15, 0.2) is 5.13 Å². The van der Waals surface area contributed by atoms with Crippen LogP contribution in [0.15, 0.2) is 41.3 Å². The summed E-state index contributed by atoms with van der Waals surface area (Å²) in [6.45, 7) is 4.11. The highest BCUT2D eigenvalue weighted by molar-refractivity contribution is 7.89. The van der Waals surface area contributed by atoms with Crippen molar-refractivity contribution < 1.29 is 27.4 Å². The van der Waals surface area contributed by atoms with Crippen LogP contribution in [0.3, 0.4) is 0 Å². The van der Waals surface area contributed by atoms with Crippen LogP contribution in [-0.4, -0.2) is 70.2 Å². The largest absolute Gasteiger partial charge is 0.495 e. The van der Waals surface area contributed by atoms with Gasteiger partial charge in [-0.1, -0.05) is 18.3 Å². The number of benzene rings is 2. The van der Waals surface area contributed by atoms with Gasteiger partial charge in [0.05, 0.1) is 31.8 Å². The van der Waals surface area contributed by atoms with E-state index in [1.807, 2.05) is 6.07 Å². The first-order valence-electron chi connectivity index (χ1n) is 12.9. The summed E-state index contributed by atoms with van der Waals surface area (Å²) in [7, 11) is -0.438. The molecule has 0 spiro atoms. The number of fused-ring (bicyclic) bond motifs is 1. The van der Waals surface area contributed by atoms with E-state index in [1.54, 1.807) is 41.6 Å². The second kappa shape index (κ2) is 11.2. The second-order valence-electron chi connectivity index (χ2n) is 9.83. The minimum absolute atomic E-state index is 0.101. The quantitative estimate of drug-likeness (QED) is 0.399. The normalized spacial score (nSPS) is 20.5. The molecule has 2 aliphatic rings. The number of aromatic nitrogens is 1. The maximum Gasteiger partial charge on any atom is 0.260 e. The molecular formula is C27H33N3O6S2. The molecule has 5 rings (SSSR count). The van der Waals surface area contributed by atoms with Crippen LogP contribution in [0, 0.1) is 5.92 Å². The van der Waals surface area contributed by atoms with Gasteiger partial charge in [0.2, 0.25) is 10.0 Å². The summed E-state index contributed by atoms with van der Waals surface area (Å²) in [4.78, 5) is 20.4. The molecule has 9 nitrogen and oxygen atoms in total. The van der Waals surface area contributed by atoms with Crippen LogP contribution in [0.1, 0.15) is 43.0 Å². The molecule has 11 heteroatoms. The topological polar surface area (TPSA) is 98.3 Å². The van der Waals surface area contributed by atoms with E-state index in [0.717, 1.165) is 30.4 Å². The number of hydrogen-bond acceptors (Lipinski definition) is 8. The van der Waals surface area contributed by atoms with E-state index in [1.165, 1.54) is 23.5 Å². The number of anilines is 1. The Morgan fingerprint density at radius 3 is 2.50 bits per heavy atom. The van der Waals surface area contributed by atoms with Crippen molar-refractivity contribution in [1.82, 2.24) is 9.29 Å². The lowest BCUT2D eigenvalue weighted by Crippen LogP contribution is -2.39. The molecule has 2 aromatic carbocycles. The van der Waals surface area contributed by atoms with Crippen LogP contribution in [0.25, 0.3) is 10.2 Å². The minimum atomic E-state index is -3.61. The summed E-state index contributed by atoms with van der Waals surface area (Å²) in [5, 5.41) is 0.502. The first-order chi connectivity index (χ1) is 18.3. The highest BCUT2D eigenvalue weighted by atomic mass is 32.2. The maximum absolute atomic E-state index is 13.8. The zero-order valence-corrected chi connectivity index (χ0v) is 23.5. The van der Waals surface area contributed by atoms with Gasteiger partial charge in [0.1, 0.15) is 21.7 Å². The third-order valence-electron chi connectivity index (χ3n) is 7.14. The van der Waals surface area contributed by atoms with Crippen molar-refractivity contribution in [3.8, 4) is 11.5 Å². The lowest BCUT2D eigenvalue weighted by molar-refractivity contribution is 0.0917. The molecule has 2 atom stereocenters. The predicted molar refractivity (Wildman–Crippen MR) is 147 cm³/mol. The average molecular weight is 560 g/mol. The van der Waals surface area contributed by atoms with Crippen LogP contribution in [0.5, 0.6) is 11.5 Å². The molecule has 204 valence electrons. The number of thiazole rings is 1. The van der Waals surface area contributed by atoms with Crippen LogP contribution in [-0.2, 0) is 14.8 Å². The van der Waals surface area contributed by atoms with E-state index < -0.39 is 10.0 Å². The van der Waals surface area contributed by atoms with E-state index >= 15 is 0 Å². The van der Waals surface area contributed by atoms with Gasteiger partial charge in [-0.3, -0.25) is 9.69 Å². The minimum Gasteiger partial charge on any atom is -0.495 e. The molecule has 0 radical (unpaired) electrons. The number of ether oxygens (including phenoxy) is 3. The fourth-order valence-corrected chi connectivity index (χ4v) is 7.75. The van der Waals surface area contributed by atoms with Gasteiger partial charge in [-0.2, -0.15) is 4.31 Å². The molecule has 0 aliphatic carbocycles. The lowest BCUT2D eigenvalue weighted by atomic mass is 10.0. The molecule has 1 aromatic heterocycles. The Labute approximate surface area is 227 Å². The predicted octanol–water partition coefficient (Wildman–Crippen LogP) is 4.56. The van der Waals surface area contributed by atoms with Crippen molar-refractivity contribution in [2.24, 2.45) is 5.92 Å².